The number of fused-ring (bicyclic) bond motifs is 1. The molecule has 1 unspecified atom stereocenters. The Bertz CT molecular complexity index is 1360. The molecule has 182 valence electrons. The number of allylic oxidation sites excluding steroid dienone is 1. The van der Waals surface area contributed by atoms with Crippen LogP contribution in [0.2, 0.25) is 0 Å². The monoisotopic (exact) mass is 498 g/mol. The van der Waals surface area contributed by atoms with E-state index in [4.69, 9.17) is 20.6 Å². The van der Waals surface area contributed by atoms with E-state index >= 15 is 0 Å². The summed E-state index contributed by atoms with van der Waals surface area (Å²) in [5.41, 5.74) is 0.589. The molecule has 0 bridgehead atoms. The minimum absolute atomic E-state index is 0.0167. The second-order valence-electron chi connectivity index (χ2n) is 7.83. The Morgan fingerprint density at radius 3 is 2.69 bits per heavy atom. The largest absolute Gasteiger partial charge is 0.465 e. The van der Waals surface area contributed by atoms with Crippen molar-refractivity contribution in [2.24, 2.45) is 0 Å². The summed E-state index contributed by atoms with van der Waals surface area (Å²) in [7, 11) is -3.15. The van der Waals surface area contributed by atoms with Crippen LogP contribution < -0.4 is 9.47 Å². The summed E-state index contributed by atoms with van der Waals surface area (Å²) >= 11 is 0. The number of carbonyl (C=O) groups excluding carboxylic acids is 1. The van der Waals surface area contributed by atoms with Gasteiger partial charge in [-0.1, -0.05) is 24.1 Å². The Hall–Kier alpha value is -3.88. The fraction of sp³-hybridized carbons (Fsp3) is 0.292. The molecule has 0 amide bonds. The van der Waals surface area contributed by atoms with Crippen LogP contribution in [-0.4, -0.2) is 50.1 Å². The number of nitro benzene ring substituents is 1. The standard InChI is InChI=1S/C24H22N2O8S/c1-3-12-25(35(30,31)23-11-7-6-10-20(23)26(28)29)19-9-5-4-8-16(19)17-13-21-22(34-15-33-21)14-18(17)24(27)32-2/h1,6-8,10-11,13-14,19H,4-5,9,12,15H2,2H3. The summed E-state index contributed by atoms with van der Waals surface area (Å²) in [5, 5.41) is 11.6. The van der Waals surface area contributed by atoms with Gasteiger partial charge < -0.3 is 14.2 Å². The van der Waals surface area contributed by atoms with E-state index in [-0.39, 0.29) is 18.9 Å². The number of para-hydroxylation sites is 1. The van der Waals surface area contributed by atoms with Crippen molar-refractivity contribution in [2.45, 2.75) is 30.2 Å². The summed E-state index contributed by atoms with van der Waals surface area (Å²) in [5.74, 6) is 2.51. The molecular weight excluding hydrogens is 476 g/mol. The Kier molecular flexibility index (Phi) is 6.77. The number of sulfonamides is 1. The average Bonchev–Trinajstić information content (AvgIpc) is 3.33. The van der Waals surface area contributed by atoms with Crippen LogP contribution in [0.4, 0.5) is 5.69 Å². The van der Waals surface area contributed by atoms with Crippen LogP contribution in [0.3, 0.4) is 0 Å². The molecule has 1 heterocycles. The van der Waals surface area contributed by atoms with Crippen LogP contribution in [0.1, 0.15) is 35.2 Å². The number of hydrogen-bond donors (Lipinski definition) is 0. The molecule has 0 fully saturated rings. The normalized spacial score (nSPS) is 16.9. The lowest BCUT2D eigenvalue weighted by Crippen LogP contribution is -2.42. The zero-order valence-electron chi connectivity index (χ0n) is 18.8. The van der Waals surface area contributed by atoms with Gasteiger partial charge in [-0.05, 0) is 48.6 Å². The number of rotatable bonds is 7. The molecule has 4 rings (SSSR count). The summed E-state index contributed by atoms with van der Waals surface area (Å²) < 4.78 is 44.4. The number of carbonyl (C=O) groups is 1. The lowest BCUT2D eigenvalue weighted by molar-refractivity contribution is -0.387. The number of ether oxygens (including phenoxy) is 3. The molecule has 1 aliphatic carbocycles. The first-order valence-corrected chi connectivity index (χ1v) is 12.1. The molecule has 2 aromatic rings. The van der Waals surface area contributed by atoms with E-state index in [1.54, 1.807) is 6.07 Å². The summed E-state index contributed by atoms with van der Waals surface area (Å²) in [6.45, 7) is -0.342. The molecule has 11 heteroatoms. The van der Waals surface area contributed by atoms with Gasteiger partial charge in [-0.2, -0.15) is 4.31 Å². The van der Waals surface area contributed by atoms with Crippen LogP contribution >= 0.6 is 0 Å². The quantitative estimate of drug-likeness (QED) is 0.246. The highest BCUT2D eigenvalue weighted by molar-refractivity contribution is 7.89. The molecule has 0 radical (unpaired) electrons. The van der Waals surface area contributed by atoms with Gasteiger partial charge in [0, 0.05) is 6.07 Å². The minimum Gasteiger partial charge on any atom is -0.465 e. The third kappa shape index (κ3) is 4.45. The lowest BCUT2D eigenvalue weighted by atomic mass is 9.86. The zero-order valence-corrected chi connectivity index (χ0v) is 19.6. The fourth-order valence-corrected chi connectivity index (χ4v) is 6.02. The molecule has 1 atom stereocenters. The first-order chi connectivity index (χ1) is 16.8. The smallest absolute Gasteiger partial charge is 0.338 e. The topological polar surface area (TPSA) is 125 Å². The first-order valence-electron chi connectivity index (χ1n) is 10.7. The van der Waals surface area contributed by atoms with Crippen molar-refractivity contribution in [3.63, 3.8) is 0 Å². The Balaban J connectivity index is 1.87. The predicted molar refractivity (Wildman–Crippen MR) is 125 cm³/mol. The number of hydrogen-bond acceptors (Lipinski definition) is 8. The molecular formula is C24H22N2O8S. The number of terminal acetylenes is 1. The number of esters is 1. The van der Waals surface area contributed by atoms with Crippen molar-refractivity contribution in [2.75, 3.05) is 20.4 Å². The second-order valence-corrected chi connectivity index (χ2v) is 9.69. The van der Waals surface area contributed by atoms with Gasteiger partial charge in [-0.3, -0.25) is 10.1 Å². The van der Waals surface area contributed by atoms with Crippen LogP contribution in [0.25, 0.3) is 5.57 Å². The Morgan fingerprint density at radius 1 is 1.29 bits per heavy atom. The molecule has 0 saturated carbocycles. The molecule has 35 heavy (non-hydrogen) atoms. The minimum atomic E-state index is -4.39. The Labute approximate surface area is 202 Å². The average molecular weight is 499 g/mol. The van der Waals surface area contributed by atoms with Crippen molar-refractivity contribution in [1.29, 1.82) is 0 Å². The first kappa shape index (κ1) is 24.3. The lowest BCUT2D eigenvalue weighted by Gasteiger charge is -2.34. The fourth-order valence-electron chi connectivity index (χ4n) is 4.31. The van der Waals surface area contributed by atoms with Crippen molar-refractivity contribution in [3.05, 3.63) is 63.7 Å². The van der Waals surface area contributed by atoms with Crippen LogP contribution in [0.15, 0.2) is 47.4 Å². The van der Waals surface area contributed by atoms with E-state index in [1.165, 1.54) is 31.4 Å². The van der Waals surface area contributed by atoms with E-state index in [0.29, 0.717) is 41.9 Å². The molecule has 0 spiro atoms. The highest BCUT2D eigenvalue weighted by Crippen LogP contribution is 2.42. The third-order valence-corrected chi connectivity index (χ3v) is 7.78. The van der Waals surface area contributed by atoms with E-state index in [9.17, 15) is 23.3 Å². The van der Waals surface area contributed by atoms with Crippen molar-refractivity contribution in [1.82, 2.24) is 4.31 Å². The van der Waals surface area contributed by atoms with E-state index in [2.05, 4.69) is 5.92 Å². The highest BCUT2D eigenvalue weighted by atomic mass is 32.2. The highest BCUT2D eigenvalue weighted by Gasteiger charge is 2.39. The summed E-state index contributed by atoms with van der Waals surface area (Å²) in [6.07, 6.45) is 9.07. The molecule has 10 nitrogen and oxygen atoms in total. The van der Waals surface area contributed by atoms with Crippen LogP contribution in [0.5, 0.6) is 11.5 Å². The maximum atomic E-state index is 13.7. The predicted octanol–water partition coefficient (Wildman–Crippen LogP) is 3.37. The number of benzene rings is 2. The molecule has 2 aliphatic rings. The number of methoxy groups -OCH3 is 1. The van der Waals surface area contributed by atoms with Gasteiger partial charge in [0.05, 0.1) is 30.2 Å². The van der Waals surface area contributed by atoms with Crippen molar-refractivity contribution >= 4 is 27.3 Å². The molecule has 0 aromatic heterocycles. The molecule has 0 N–H and O–H groups in total. The SMILES string of the molecule is C#CCN(C1CCCC=C1c1cc2c(cc1C(=O)OC)OCO2)S(=O)(=O)c1ccccc1[N+](=O)[O-]. The number of nitro groups is 1. The third-order valence-electron chi connectivity index (χ3n) is 5.88. The van der Waals surface area contributed by atoms with Crippen LogP contribution in [-0.2, 0) is 14.8 Å². The zero-order chi connectivity index (χ0) is 25.2. The Morgan fingerprint density at radius 2 is 2.00 bits per heavy atom. The van der Waals surface area contributed by atoms with Gasteiger partial charge in [-0.15, -0.1) is 6.42 Å². The van der Waals surface area contributed by atoms with E-state index in [1.807, 2.05) is 6.08 Å². The van der Waals surface area contributed by atoms with Crippen LogP contribution in [0, 0.1) is 22.5 Å². The van der Waals surface area contributed by atoms with Gasteiger partial charge >= 0.3 is 5.97 Å². The maximum absolute atomic E-state index is 13.7. The molecule has 1 aliphatic heterocycles. The summed E-state index contributed by atoms with van der Waals surface area (Å²) in [4.78, 5) is 23.0. The van der Waals surface area contributed by atoms with Crippen molar-refractivity contribution < 1.29 is 32.3 Å². The second kappa shape index (κ2) is 9.77. The van der Waals surface area contributed by atoms with Gasteiger partial charge in [0.2, 0.25) is 6.79 Å². The van der Waals surface area contributed by atoms with Crippen molar-refractivity contribution in [3.8, 4) is 23.8 Å². The van der Waals surface area contributed by atoms with E-state index < -0.39 is 37.5 Å². The van der Waals surface area contributed by atoms with Gasteiger partial charge in [0.25, 0.3) is 15.7 Å². The summed E-state index contributed by atoms with van der Waals surface area (Å²) in [6, 6.07) is 7.45. The van der Waals surface area contributed by atoms with Gasteiger partial charge in [-0.25, -0.2) is 13.2 Å². The van der Waals surface area contributed by atoms with E-state index in [0.717, 1.165) is 10.4 Å². The maximum Gasteiger partial charge on any atom is 0.338 e. The molecule has 2 aromatic carbocycles. The van der Waals surface area contributed by atoms with Gasteiger partial charge in [0.1, 0.15) is 0 Å². The number of nitrogens with zero attached hydrogens (tertiary/aromatic N) is 2. The van der Waals surface area contributed by atoms with Gasteiger partial charge in [0.15, 0.2) is 16.4 Å². The molecule has 0 saturated heterocycles.